The van der Waals surface area contributed by atoms with Crippen LogP contribution in [-0.2, 0) is 0 Å². The van der Waals surface area contributed by atoms with Gasteiger partial charge in [0.25, 0.3) is 0 Å². The third kappa shape index (κ3) is 3.34. The lowest BCUT2D eigenvalue weighted by Crippen LogP contribution is -2.21. The van der Waals surface area contributed by atoms with Gasteiger partial charge in [-0.15, -0.1) is 11.3 Å². The van der Waals surface area contributed by atoms with Gasteiger partial charge in [0.05, 0.1) is 14.9 Å². The predicted octanol–water partition coefficient (Wildman–Crippen LogP) is 5.82. The molecule has 1 aromatic carbocycles. The Hall–Kier alpha value is -0.0600. The fourth-order valence-electron chi connectivity index (χ4n) is 2.01. The van der Waals surface area contributed by atoms with E-state index in [1.165, 1.54) is 10.4 Å². The highest BCUT2D eigenvalue weighted by Crippen LogP contribution is 2.38. The Morgan fingerprint density at radius 3 is 2.63 bits per heavy atom. The first-order valence-corrected chi connectivity index (χ1v) is 8.34. The van der Waals surface area contributed by atoms with Crippen LogP contribution in [0.5, 0.6) is 0 Å². The quantitative estimate of drug-likeness (QED) is 0.706. The molecule has 0 aliphatic carbocycles. The van der Waals surface area contributed by atoms with Crippen LogP contribution in [0.2, 0.25) is 10.0 Å². The molecule has 0 radical (unpaired) electrons. The fraction of sp³-hybridized carbons (Fsp3) is 0.286. The second-order valence-electron chi connectivity index (χ2n) is 4.22. The molecule has 1 aromatic heterocycles. The van der Waals surface area contributed by atoms with Crippen molar-refractivity contribution < 1.29 is 0 Å². The molecule has 2 aromatic rings. The van der Waals surface area contributed by atoms with Crippen molar-refractivity contribution in [3.63, 3.8) is 0 Å². The second kappa shape index (κ2) is 6.59. The molecular weight excluding hydrogens is 365 g/mol. The number of hydrogen-bond acceptors (Lipinski definition) is 2. The third-order valence-electron chi connectivity index (χ3n) is 2.98. The monoisotopic (exact) mass is 377 g/mol. The molecule has 0 aliphatic heterocycles. The molecule has 0 fully saturated rings. The summed E-state index contributed by atoms with van der Waals surface area (Å²) in [6.45, 7) is 5.02. The van der Waals surface area contributed by atoms with Gasteiger partial charge in [0, 0.05) is 9.90 Å². The van der Waals surface area contributed by atoms with E-state index < -0.39 is 0 Å². The van der Waals surface area contributed by atoms with E-state index in [1.54, 1.807) is 11.3 Å². The zero-order valence-corrected chi connectivity index (χ0v) is 14.6. The van der Waals surface area contributed by atoms with Crippen molar-refractivity contribution in [2.24, 2.45) is 0 Å². The summed E-state index contributed by atoms with van der Waals surface area (Å²) < 4.78 is 0.965. The topological polar surface area (TPSA) is 12.0 Å². The van der Waals surface area contributed by atoms with Crippen LogP contribution in [-0.4, -0.2) is 6.54 Å². The molecule has 19 heavy (non-hydrogen) atoms. The summed E-state index contributed by atoms with van der Waals surface area (Å²) in [5.41, 5.74) is 2.30. The Kier molecular flexibility index (Phi) is 5.32. The van der Waals surface area contributed by atoms with E-state index in [2.05, 4.69) is 34.2 Å². The normalized spacial score (nSPS) is 12.7. The molecule has 1 N–H and O–H groups in total. The Balaban J connectivity index is 2.48. The van der Waals surface area contributed by atoms with E-state index in [9.17, 15) is 0 Å². The van der Waals surface area contributed by atoms with Crippen molar-refractivity contribution in [3.8, 4) is 0 Å². The summed E-state index contributed by atoms with van der Waals surface area (Å²) in [5, 5.41) is 5.04. The highest BCUT2D eigenvalue weighted by molar-refractivity contribution is 9.11. The molecule has 0 bridgehead atoms. The van der Waals surface area contributed by atoms with Crippen LogP contribution in [0.25, 0.3) is 0 Å². The van der Waals surface area contributed by atoms with Crippen molar-refractivity contribution in [3.05, 3.63) is 54.1 Å². The van der Waals surface area contributed by atoms with E-state index in [1.807, 2.05) is 25.1 Å². The summed E-state index contributed by atoms with van der Waals surface area (Å²) in [5.74, 6) is 0. The highest BCUT2D eigenvalue weighted by atomic mass is 79.9. The molecule has 1 atom stereocenters. The number of benzene rings is 1. The van der Waals surface area contributed by atoms with Gasteiger partial charge < -0.3 is 5.32 Å². The van der Waals surface area contributed by atoms with Crippen LogP contribution < -0.4 is 5.32 Å². The minimum Gasteiger partial charge on any atom is -0.306 e. The molecule has 0 aliphatic rings. The van der Waals surface area contributed by atoms with Crippen molar-refractivity contribution in [1.82, 2.24) is 5.32 Å². The molecule has 0 amide bonds. The maximum atomic E-state index is 6.22. The first-order valence-electron chi connectivity index (χ1n) is 5.97. The largest absolute Gasteiger partial charge is 0.306 e. The average Bonchev–Trinajstić information content (AvgIpc) is 2.70. The van der Waals surface area contributed by atoms with Crippen LogP contribution in [0.3, 0.4) is 0 Å². The van der Waals surface area contributed by atoms with Crippen LogP contribution in [0.15, 0.2) is 28.1 Å². The molecule has 0 saturated carbocycles. The van der Waals surface area contributed by atoms with Gasteiger partial charge >= 0.3 is 0 Å². The zero-order chi connectivity index (χ0) is 14.0. The van der Waals surface area contributed by atoms with Crippen LogP contribution in [0.4, 0.5) is 0 Å². The Morgan fingerprint density at radius 2 is 2.05 bits per heavy atom. The van der Waals surface area contributed by atoms with Crippen molar-refractivity contribution >= 4 is 50.5 Å². The Morgan fingerprint density at radius 1 is 1.32 bits per heavy atom. The van der Waals surface area contributed by atoms with Gasteiger partial charge in [-0.05, 0) is 52.7 Å². The minimum atomic E-state index is 0.123. The summed E-state index contributed by atoms with van der Waals surface area (Å²) in [6, 6.07) is 8.14. The number of hydrogen-bond donors (Lipinski definition) is 1. The molecule has 1 unspecified atom stereocenters. The van der Waals surface area contributed by atoms with Gasteiger partial charge in [0.15, 0.2) is 0 Å². The maximum Gasteiger partial charge on any atom is 0.0888 e. The summed E-state index contributed by atoms with van der Waals surface area (Å²) >= 11 is 17.5. The van der Waals surface area contributed by atoms with Crippen molar-refractivity contribution in [1.29, 1.82) is 0 Å². The lowest BCUT2D eigenvalue weighted by atomic mass is 10.00. The lowest BCUT2D eigenvalue weighted by molar-refractivity contribution is 0.637. The molecule has 1 heterocycles. The molecule has 0 saturated heterocycles. The van der Waals surface area contributed by atoms with E-state index in [4.69, 9.17) is 23.2 Å². The molecular formula is C14H14BrCl2NS. The smallest absolute Gasteiger partial charge is 0.0888 e. The van der Waals surface area contributed by atoms with Gasteiger partial charge in [-0.25, -0.2) is 0 Å². The van der Waals surface area contributed by atoms with Gasteiger partial charge in [0.1, 0.15) is 0 Å². The second-order valence-corrected chi connectivity index (χ2v) is 7.43. The van der Waals surface area contributed by atoms with Crippen LogP contribution >= 0.6 is 50.5 Å². The SMILES string of the molecule is CCNC(c1cc(Cl)c(Br)s1)c1cccc(Cl)c1C. The highest BCUT2D eigenvalue weighted by Gasteiger charge is 2.19. The van der Waals surface area contributed by atoms with Gasteiger partial charge in [-0.1, -0.05) is 42.3 Å². The first kappa shape index (κ1) is 15.3. The van der Waals surface area contributed by atoms with E-state index in [0.29, 0.717) is 0 Å². The van der Waals surface area contributed by atoms with E-state index in [0.717, 1.165) is 25.9 Å². The fourth-order valence-corrected chi connectivity index (χ4v) is 4.03. The maximum absolute atomic E-state index is 6.22. The van der Waals surface area contributed by atoms with E-state index in [-0.39, 0.29) is 6.04 Å². The number of rotatable bonds is 4. The molecule has 102 valence electrons. The first-order chi connectivity index (χ1) is 9.04. The van der Waals surface area contributed by atoms with Crippen LogP contribution in [0.1, 0.15) is 29.0 Å². The number of nitrogens with one attached hydrogen (secondary N) is 1. The third-order valence-corrected chi connectivity index (χ3v) is 5.93. The molecule has 1 nitrogen and oxygen atoms in total. The average molecular weight is 379 g/mol. The molecule has 5 heteroatoms. The van der Waals surface area contributed by atoms with Gasteiger partial charge in [-0.3, -0.25) is 0 Å². The zero-order valence-electron chi connectivity index (χ0n) is 10.6. The molecule has 0 spiro atoms. The van der Waals surface area contributed by atoms with Crippen molar-refractivity contribution in [2.75, 3.05) is 6.54 Å². The van der Waals surface area contributed by atoms with Crippen LogP contribution in [0, 0.1) is 6.92 Å². The summed E-state index contributed by atoms with van der Waals surface area (Å²) in [6.07, 6.45) is 0. The minimum absolute atomic E-state index is 0.123. The van der Waals surface area contributed by atoms with Crippen molar-refractivity contribution in [2.45, 2.75) is 19.9 Å². The number of thiophene rings is 1. The Labute approximate surface area is 136 Å². The summed E-state index contributed by atoms with van der Waals surface area (Å²) in [4.78, 5) is 1.18. The number of halogens is 3. The predicted molar refractivity (Wildman–Crippen MR) is 88.7 cm³/mol. The standard InChI is InChI=1S/C14H14BrCl2NS/c1-3-18-13(12-7-11(17)14(15)19-12)9-5-4-6-10(16)8(9)2/h4-7,13,18H,3H2,1-2H3. The summed E-state index contributed by atoms with van der Waals surface area (Å²) in [7, 11) is 0. The van der Waals surface area contributed by atoms with E-state index >= 15 is 0 Å². The lowest BCUT2D eigenvalue weighted by Gasteiger charge is -2.19. The van der Waals surface area contributed by atoms with Gasteiger partial charge in [-0.2, -0.15) is 0 Å². The Bertz CT molecular complexity index is 563. The molecule has 2 rings (SSSR count). The van der Waals surface area contributed by atoms with Gasteiger partial charge in [0.2, 0.25) is 0 Å².